The zero-order chi connectivity index (χ0) is 22.4. The molecule has 31 heavy (non-hydrogen) atoms. The Morgan fingerprint density at radius 3 is 2.52 bits per heavy atom. The third-order valence-electron chi connectivity index (χ3n) is 5.00. The fourth-order valence-corrected chi connectivity index (χ4v) is 3.30. The van der Waals surface area contributed by atoms with E-state index in [2.05, 4.69) is 0 Å². The molecule has 1 aliphatic rings. The van der Waals surface area contributed by atoms with Gasteiger partial charge >= 0.3 is 6.18 Å². The predicted octanol–water partition coefficient (Wildman–Crippen LogP) is 4.98. The van der Waals surface area contributed by atoms with Crippen LogP contribution in [-0.2, 0) is 15.7 Å². The summed E-state index contributed by atoms with van der Waals surface area (Å²) in [7, 11) is 1.58. The first-order valence-electron chi connectivity index (χ1n) is 9.86. The number of halogens is 3. The normalized spacial score (nSPS) is 15.4. The number of morpholine rings is 1. The molecule has 0 unspecified atom stereocenters. The Morgan fingerprint density at radius 2 is 1.87 bits per heavy atom. The van der Waals surface area contributed by atoms with E-state index in [1.165, 1.54) is 12.1 Å². The van der Waals surface area contributed by atoms with E-state index < -0.39 is 11.7 Å². The molecule has 164 valence electrons. The fraction of sp³-hybridized carbons (Fsp3) is 0.292. The summed E-state index contributed by atoms with van der Waals surface area (Å²) in [6, 6.07) is 10.6. The Hall–Kier alpha value is -3.06. The number of amides is 1. The van der Waals surface area contributed by atoms with Gasteiger partial charge in [0.2, 0.25) is 5.91 Å². The Morgan fingerprint density at radius 1 is 1.13 bits per heavy atom. The second kappa shape index (κ2) is 9.83. The number of hydrogen-bond acceptors (Lipinski definition) is 3. The monoisotopic (exact) mass is 431 g/mol. The highest BCUT2D eigenvalue weighted by Gasteiger charge is 2.30. The summed E-state index contributed by atoms with van der Waals surface area (Å²) < 4.78 is 49.6. The van der Waals surface area contributed by atoms with Gasteiger partial charge in [0.1, 0.15) is 5.75 Å². The Labute approximate surface area is 179 Å². The van der Waals surface area contributed by atoms with Crippen molar-refractivity contribution in [3.63, 3.8) is 0 Å². The van der Waals surface area contributed by atoms with Crippen molar-refractivity contribution in [2.45, 2.75) is 13.1 Å². The third kappa shape index (κ3) is 5.98. The summed E-state index contributed by atoms with van der Waals surface area (Å²) in [6.45, 7) is 3.86. The van der Waals surface area contributed by atoms with Gasteiger partial charge in [-0.05, 0) is 53.5 Å². The minimum absolute atomic E-state index is 0.166. The van der Waals surface area contributed by atoms with Gasteiger partial charge in [0.25, 0.3) is 0 Å². The minimum atomic E-state index is -4.41. The van der Waals surface area contributed by atoms with Crippen LogP contribution in [0.3, 0.4) is 0 Å². The van der Waals surface area contributed by atoms with Gasteiger partial charge in [-0.1, -0.05) is 30.4 Å². The van der Waals surface area contributed by atoms with Gasteiger partial charge in [-0.3, -0.25) is 4.79 Å². The summed E-state index contributed by atoms with van der Waals surface area (Å²) in [5.74, 6) is 0.546. The highest BCUT2D eigenvalue weighted by atomic mass is 19.4. The van der Waals surface area contributed by atoms with E-state index in [-0.39, 0.29) is 5.91 Å². The largest absolute Gasteiger partial charge is 0.496 e. The fourth-order valence-electron chi connectivity index (χ4n) is 3.30. The lowest BCUT2D eigenvalue weighted by Gasteiger charge is -2.26. The van der Waals surface area contributed by atoms with Crippen LogP contribution in [0.1, 0.15) is 22.3 Å². The predicted molar refractivity (Wildman–Crippen MR) is 114 cm³/mol. The number of carbonyl (C=O) groups is 1. The number of rotatable bonds is 5. The van der Waals surface area contributed by atoms with Crippen molar-refractivity contribution < 1.29 is 27.4 Å². The molecule has 1 amide bonds. The van der Waals surface area contributed by atoms with Gasteiger partial charge in [0, 0.05) is 19.2 Å². The number of carbonyl (C=O) groups excluding carboxylic acids is 1. The highest BCUT2D eigenvalue weighted by molar-refractivity contribution is 5.98. The summed E-state index contributed by atoms with van der Waals surface area (Å²) >= 11 is 0. The molecule has 2 aromatic rings. The second-order valence-electron chi connectivity index (χ2n) is 7.18. The van der Waals surface area contributed by atoms with Crippen molar-refractivity contribution in [2.75, 3.05) is 33.4 Å². The third-order valence-corrected chi connectivity index (χ3v) is 5.00. The van der Waals surface area contributed by atoms with Crippen LogP contribution >= 0.6 is 0 Å². The molecule has 0 atom stereocenters. The van der Waals surface area contributed by atoms with Gasteiger partial charge in [0.05, 0.1) is 25.9 Å². The number of aryl methyl sites for hydroxylation is 1. The van der Waals surface area contributed by atoms with Crippen LogP contribution in [0.25, 0.3) is 11.6 Å². The molecule has 0 N–H and O–H groups in total. The highest BCUT2D eigenvalue weighted by Crippen LogP contribution is 2.30. The van der Waals surface area contributed by atoms with Crippen LogP contribution in [0.4, 0.5) is 13.2 Å². The molecule has 0 bridgehead atoms. The van der Waals surface area contributed by atoms with Crippen molar-refractivity contribution in [3.05, 3.63) is 76.9 Å². The standard InChI is InChI=1S/C24H24F3NO3/c1-17-14-19(8-9-22(17)30-2)20(16-23(29)28-10-12-31-13-11-28)7-6-18-4-3-5-21(15-18)24(25,26)27/h3-9,14-16H,10-13H2,1-2H3/b7-6+,20-16-. The number of hydrogen-bond donors (Lipinski definition) is 0. The van der Waals surface area contributed by atoms with E-state index in [1.807, 2.05) is 19.1 Å². The van der Waals surface area contributed by atoms with Gasteiger partial charge in [-0.2, -0.15) is 13.2 Å². The minimum Gasteiger partial charge on any atom is -0.496 e. The molecular formula is C24H24F3NO3. The summed E-state index contributed by atoms with van der Waals surface area (Å²) in [5.41, 5.74) is 1.93. The number of alkyl halides is 3. The zero-order valence-electron chi connectivity index (χ0n) is 17.4. The van der Waals surface area contributed by atoms with E-state index >= 15 is 0 Å². The molecule has 0 aliphatic carbocycles. The van der Waals surface area contributed by atoms with Gasteiger partial charge in [-0.25, -0.2) is 0 Å². The van der Waals surface area contributed by atoms with Crippen LogP contribution in [0.2, 0.25) is 0 Å². The summed E-state index contributed by atoms with van der Waals surface area (Å²) in [4.78, 5) is 14.5. The molecule has 7 heteroatoms. The molecule has 1 fully saturated rings. The lowest BCUT2D eigenvalue weighted by molar-refractivity contribution is -0.137. The first kappa shape index (κ1) is 22.6. The SMILES string of the molecule is COc1ccc(C(=C\C(=O)N2CCOCC2)/C=C/c2cccc(C(F)(F)F)c2)cc1C. The Bertz CT molecular complexity index is 990. The van der Waals surface area contributed by atoms with Crippen molar-refractivity contribution in [2.24, 2.45) is 0 Å². The maximum absolute atomic E-state index is 13.0. The zero-order valence-corrected chi connectivity index (χ0v) is 17.4. The molecule has 3 rings (SSSR count). The molecular weight excluding hydrogens is 407 g/mol. The van der Waals surface area contributed by atoms with Crippen LogP contribution in [0, 0.1) is 6.92 Å². The molecule has 0 spiro atoms. The Kier molecular flexibility index (Phi) is 7.17. The van der Waals surface area contributed by atoms with Crippen molar-refractivity contribution in [3.8, 4) is 5.75 Å². The Balaban J connectivity index is 1.95. The quantitative estimate of drug-likeness (QED) is 0.495. The number of nitrogens with zero attached hydrogens (tertiary/aromatic N) is 1. The molecule has 1 aliphatic heterocycles. The van der Waals surface area contributed by atoms with E-state index in [1.54, 1.807) is 36.3 Å². The number of methoxy groups -OCH3 is 1. The molecule has 1 heterocycles. The van der Waals surface area contributed by atoms with Gasteiger partial charge in [-0.15, -0.1) is 0 Å². The maximum Gasteiger partial charge on any atom is 0.416 e. The second-order valence-corrected chi connectivity index (χ2v) is 7.18. The van der Waals surface area contributed by atoms with Crippen LogP contribution in [0.5, 0.6) is 5.75 Å². The van der Waals surface area contributed by atoms with Gasteiger partial charge < -0.3 is 14.4 Å². The lowest BCUT2D eigenvalue weighted by Crippen LogP contribution is -2.39. The molecule has 4 nitrogen and oxygen atoms in total. The van der Waals surface area contributed by atoms with E-state index in [0.29, 0.717) is 43.2 Å². The summed E-state index contributed by atoms with van der Waals surface area (Å²) in [6.07, 6.45) is 0.334. The molecule has 0 aromatic heterocycles. The van der Waals surface area contributed by atoms with Crippen molar-refractivity contribution >= 4 is 17.6 Å². The molecule has 0 radical (unpaired) electrons. The number of benzene rings is 2. The average Bonchev–Trinajstić information content (AvgIpc) is 2.76. The van der Waals surface area contributed by atoms with Crippen molar-refractivity contribution in [1.82, 2.24) is 4.90 Å². The van der Waals surface area contributed by atoms with Gasteiger partial charge in [0.15, 0.2) is 0 Å². The smallest absolute Gasteiger partial charge is 0.416 e. The molecule has 1 saturated heterocycles. The summed E-state index contributed by atoms with van der Waals surface area (Å²) in [5, 5.41) is 0. The van der Waals surface area contributed by atoms with E-state index in [9.17, 15) is 18.0 Å². The molecule has 2 aromatic carbocycles. The average molecular weight is 431 g/mol. The molecule has 0 saturated carbocycles. The van der Waals surface area contributed by atoms with E-state index in [4.69, 9.17) is 9.47 Å². The topological polar surface area (TPSA) is 38.8 Å². The number of ether oxygens (including phenoxy) is 2. The van der Waals surface area contributed by atoms with Crippen LogP contribution in [-0.4, -0.2) is 44.2 Å². The van der Waals surface area contributed by atoms with E-state index in [0.717, 1.165) is 23.3 Å². The maximum atomic E-state index is 13.0. The van der Waals surface area contributed by atoms with Crippen LogP contribution < -0.4 is 4.74 Å². The van der Waals surface area contributed by atoms with Crippen LogP contribution in [0.15, 0.2) is 54.6 Å². The first-order chi connectivity index (χ1) is 14.8. The van der Waals surface area contributed by atoms with Crippen molar-refractivity contribution in [1.29, 1.82) is 0 Å². The lowest BCUT2D eigenvalue weighted by atomic mass is 10.0. The number of allylic oxidation sites excluding steroid dienone is 2. The first-order valence-corrected chi connectivity index (χ1v) is 9.86.